The number of nitrogens with zero attached hydrogens (tertiary/aromatic N) is 2. The molecular formula is C22H22FN3O5. The first-order chi connectivity index (χ1) is 14.9. The number of fused-ring (bicyclic) bond motifs is 1. The molecule has 1 aliphatic carbocycles. The molecule has 0 bridgehead atoms. The van der Waals surface area contributed by atoms with Gasteiger partial charge in [0.1, 0.15) is 16.9 Å². The summed E-state index contributed by atoms with van der Waals surface area (Å²) in [6, 6.07) is 7.73. The molecule has 8 nitrogen and oxygen atoms in total. The minimum atomic E-state index is -1.18. The van der Waals surface area contributed by atoms with Gasteiger partial charge in [-0.2, -0.15) is 0 Å². The van der Waals surface area contributed by atoms with E-state index in [1.165, 1.54) is 16.7 Å². The van der Waals surface area contributed by atoms with Gasteiger partial charge in [0.05, 0.1) is 18.2 Å². The van der Waals surface area contributed by atoms with Crippen molar-refractivity contribution in [2.24, 2.45) is 0 Å². The second-order valence-corrected chi connectivity index (χ2v) is 7.69. The Balaban J connectivity index is 1.76. The Morgan fingerprint density at radius 3 is 2.61 bits per heavy atom. The molecule has 1 amide bonds. The molecule has 1 aliphatic rings. The minimum Gasteiger partial charge on any atom is -0.505 e. The number of aliphatic hydroxyl groups is 2. The third kappa shape index (κ3) is 4.28. The molecule has 0 aliphatic heterocycles. The largest absolute Gasteiger partial charge is 0.505 e. The monoisotopic (exact) mass is 427 g/mol. The molecule has 3 aromatic rings. The average Bonchev–Trinajstić information content (AvgIpc) is 3.58. The molecule has 1 fully saturated rings. The van der Waals surface area contributed by atoms with E-state index < -0.39 is 35.5 Å². The van der Waals surface area contributed by atoms with Crippen LogP contribution in [0.4, 0.5) is 4.39 Å². The zero-order valence-electron chi connectivity index (χ0n) is 16.6. The maximum Gasteiger partial charge on any atom is 0.268 e. The van der Waals surface area contributed by atoms with Gasteiger partial charge >= 0.3 is 0 Å². The molecule has 162 valence electrons. The molecule has 1 atom stereocenters. The van der Waals surface area contributed by atoms with Crippen LogP contribution in [0.3, 0.4) is 0 Å². The quantitative estimate of drug-likeness (QED) is 0.450. The second kappa shape index (κ2) is 8.44. The Morgan fingerprint density at radius 1 is 1.26 bits per heavy atom. The number of amides is 1. The van der Waals surface area contributed by atoms with Crippen LogP contribution in [-0.4, -0.2) is 50.0 Å². The summed E-state index contributed by atoms with van der Waals surface area (Å²) in [5.41, 5.74) is 1.12. The first-order valence-corrected chi connectivity index (χ1v) is 9.96. The van der Waals surface area contributed by atoms with Crippen LogP contribution in [0.1, 0.15) is 40.4 Å². The summed E-state index contributed by atoms with van der Waals surface area (Å²) in [4.78, 5) is 30.0. The second-order valence-electron chi connectivity index (χ2n) is 7.69. The van der Waals surface area contributed by atoms with E-state index >= 15 is 0 Å². The first kappa shape index (κ1) is 21.0. The molecule has 0 spiro atoms. The Bertz CT molecular complexity index is 1190. The van der Waals surface area contributed by atoms with Crippen LogP contribution in [0.5, 0.6) is 5.75 Å². The molecule has 2 heterocycles. The Kier molecular flexibility index (Phi) is 5.71. The minimum absolute atomic E-state index is 0.0898. The number of rotatable bonds is 7. The Labute approximate surface area is 176 Å². The fourth-order valence-electron chi connectivity index (χ4n) is 3.51. The molecule has 0 saturated heterocycles. The van der Waals surface area contributed by atoms with Crippen LogP contribution >= 0.6 is 0 Å². The van der Waals surface area contributed by atoms with Crippen LogP contribution in [0, 0.1) is 5.82 Å². The number of carbonyl (C=O) groups is 1. The van der Waals surface area contributed by atoms with Gasteiger partial charge in [0.15, 0.2) is 5.75 Å². The van der Waals surface area contributed by atoms with Crippen LogP contribution in [-0.2, 0) is 6.42 Å². The summed E-state index contributed by atoms with van der Waals surface area (Å²) in [6.45, 7) is -0.811. The number of aromatic hydroxyl groups is 1. The van der Waals surface area contributed by atoms with Crippen molar-refractivity contribution in [1.29, 1.82) is 0 Å². The van der Waals surface area contributed by atoms with Crippen molar-refractivity contribution >= 4 is 16.9 Å². The molecular weight excluding hydrogens is 405 g/mol. The van der Waals surface area contributed by atoms with Gasteiger partial charge < -0.3 is 25.2 Å². The molecule has 4 N–H and O–H groups in total. The number of aliphatic hydroxyl groups excluding tert-OH is 2. The van der Waals surface area contributed by atoms with Crippen molar-refractivity contribution in [2.45, 2.75) is 31.4 Å². The number of benzene rings is 1. The SMILES string of the molecule is O=C(NCC(O)CO)c1c(O)c2ncc(Cc3ccc(F)cc3)cc2n(C2CC2)c1=O. The van der Waals surface area contributed by atoms with E-state index in [0.29, 0.717) is 11.9 Å². The van der Waals surface area contributed by atoms with Crippen LogP contribution in [0.25, 0.3) is 11.0 Å². The molecule has 31 heavy (non-hydrogen) atoms. The van der Waals surface area contributed by atoms with E-state index in [9.17, 15) is 24.2 Å². The lowest BCUT2D eigenvalue weighted by Gasteiger charge is -2.15. The van der Waals surface area contributed by atoms with E-state index in [1.54, 1.807) is 24.4 Å². The predicted octanol–water partition coefficient (Wildman–Crippen LogP) is 1.25. The Hall–Kier alpha value is -3.30. The standard InChI is InChI=1S/C22H22FN3O5/c23-14-3-1-12(2-4-14)7-13-8-17-19(24-9-13)20(29)18(21(30)25-10-16(28)11-27)22(31)26(17)15-5-6-15/h1-4,8-9,15-16,27-29H,5-7,10-11H2,(H,25,30). The highest BCUT2D eigenvalue weighted by molar-refractivity contribution is 6.01. The highest BCUT2D eigenvalue weighted by Gasteiger charge is 2.31. The molecule has 9 heteroatoms. The number of hydrogen-bond acceptors (Lipinski definition) is 6. The summed E-state index contributed by atoms with van der Waals surface area (Å²) in [5.74, 6) is -1.70. The van der Waals surface area contributed by atoms with Gasteiger partial charge in [0, 0.05) is 18.8 Å². The molecule has 1 aromatic carbocycles. The van der Waals surface area contributed by atoms with Crippen molar-refractivity contribution < 1.29 is 24.5 Å². The van der Waals surface area contributed by atoms with Gasteiger partial charge in [-0.05, 0) is 48.6 Å². The number of pyridine rings is 2. The lowest BCUT2D eigenvalue weighted by atomic mass is 10.1. The fraction of sp³-hybridized carbons (Fsp3) is 0.318. The smallest absolute Gasteiger partial charge is 0.268 e. The van der Waals surface area contributed by atoms with E-state index in [2.05, 4.69) is 10.3 Å². The molecule has 0 radical (unpaired) electrons. The van der Waals surface area contributed by atoms with Gasteiger partial charge in [-0.25, -0.2) is 4.39 Å². The van der Waals surface area contributed by atoms with Gasteiger partial charge in [0.25, 0.3) is 11.5 Å². The number of carbonyl (C=O) groups excluding carboxylic acids is 1. The number of aromatic nitrogens is 2. The van der Waals surface area contributed by atoms with Crippen molar-refractivity contribution in [1.82, 2.24) is 14.9 Å². The Morgan fingerprint density at radius 2 is 1.97 bits per heavy atom. The summed E-state index contributed by atoms with van der Waals surface area (Å²) >= 11 is 0. The third-order valence-electron chi connectivity index (χ3n) is 5.25. The third-order valence-corrected chi connectivity index (χ3v) is 5.25. The lowest BCUT2D eigenvalue weighted by molar-refractivity contribution is 0.0799. The van der Waals surface area contributed by atoms with Gasteiger partial charge in [-0.15, -0.1) is 0 Å². The van der Waals surface area contributed by atoms with E-state index in [1.807, 2.05) is 0 Å². The molecule has 1 unspecified atom stereocenters. The number of nitrogens with one attached hydrogen (secondary N) is 1. The topological polar surface area (TPSA) is 125 Å². The highest BCUT2D eigenvalue weighted by Crippen LogP contribution is 2.38. The van der Waals surface area contributed by atoms with E-state index in [0.717, 1.165) is 24.0 Å². The van der Waals surface area contributed by atoms with Crippen molar-refractivity contribution in [3.63, 3.8) is 0 Å². The first-order valence-electron chi connectivity index (χ1n) is 9.96. The summed E-state index contributed by atoms with van der Waals surface area (Å²) in [7, 11) is 0. The van der Waals surface area contributed by atoms with Crippen LogP contribution < -0.4 is 10.9 Å². The van der Waals surface area contributed by atoms with Crippen molar-refractivity contribution in [3.05, 3.63) is 69.4 Å². The maximum atomic E-state index is 13.2. The van der Waals surface area contributed by atoms with Gasteiger partial charge in [0.2, 0.25) is 0 Å². The van der Waals surface area contributed by atoms with E-state index in [-0.39, 0.29) is 23.9 Å². The van der Waals surface area contributed by atoms with Crippen LogP contribution in [0.15, 0.2) is 41.3 Å². The molecule has 4 rings (SSSR count). The fourth-order valence-corrected chi connectivity index (χ4v) is 3.51. The number of hydrogen-bond donors (Lipinski definition) is 4. The zero-order valence-corrected chi connectivity index (χ0v) is 16.6. The summed E-state index contributed by atoms with van der Waals surface area (Å²) < 4.78 is 14.6. The number of halogens is 1. The highest BCUT2D eigenvalue weighted by atomic mass is 19.1. The molecule has 1 saturated carbocycles. The molecule has 2 aromatic heterocycles. The summed E-state index contributed by atoms with van der Waals surface area (Å²) in [6.07, 6.45) is 2.37. The average molecular weight is 427 g/mol. The maximum absolute atomic E-state index is 13.2. The van der Waals surface area contributed by atoms with Crippen molar-refractivity contribution in [3.8, 4) is 5.75 Å². The predicted molar refractivity (Wildman–Crippen MR) is 111 cm³/mol. The van der Waals surface area contributed by atoms with Crippen molar-refractivity contribution in [2.75, 3.05) is 13.2 Å². The van der Waals surface area contributed by atoms with Gasteiger partial charge in [-0.1, -0.05) is 12.1 Å². The van der Waals surface area contributed by atoms with E-state index in [4.69, 9.17) is 5.11 Å². The normalized spacial score (nSPS) is 14.5. The lowest BCUT2D eigenvalue weighted by Crippen LogP contribution is -2.38. The zero-order chi connectivity index (χ0) is 22.1. The summed E-state index contributed by atoms with van der Waals surface area (Å²) in [5, 5.41) is 31.4. The van der Waals surface area contributed by atoms with Crippen LogP contribution in [0.2, 0.25) is 0 Å². The van der Waals surface area contributed by atoms with Gasteiger partial charge in [-0.3, -0.25) is 14.6 Å².